The number of halogens is 2. The fourth-order valence-electron chi connectivity index (χ4n) is 5.10. The third-order valence-corrected chi connectivity index (χ3v) is 8.14. The van der Waals surface area contributed by atoms with E-state index in [1.54, 1.807) is 0 Å². The first kappa shape index (κ1) is 27.4. The van der Waals surface area contributed by atoms with Gasteiger partial charge in [0.05, 0.1) is 0 Å². The van der Waals surface area contributed by atoms with Gasteiger partial charge in [-0.15, -0.1) is 36.2 Å². The van der Waals surface area contributed by atoms with Crippen LogP contribution in [0.15, 0.2) is 23.0 Å². The van der Waals surface area contributed by atoms with Crippen LogP contribution in [0.5, 0.6) is 0 Å². The average molecular weight is 501 g/mol. The Morgan fingerprint density at radius 3 is 2.50 bits per heavy atom. The predicted molar refractivity (Wildman–Crippen MR) is 142 cm³/mol. The zero-order valence-electron chi connectivity index (χ0n) is 19.5. The Kier molecular flexibility index (Phi) is 11.3. The normalized spacial score (nSPS) is 18.2. The zero-order chi connectivity index (χ0) is 20.9. The third kappa shape index (κ3) is 7.07. The van der Waals surface area contributed by atoms with E-state index in [2.05, 4.69) is 33.4 Å². The maximum atomic E-state index is 12.0. The second kappa shape index (κ2) is 13.1. The zero-order valence-corrected chi connectivity index (χ0v) is 21.9. The summed E-state index contributed by atoms with van der Waals surface area (Å²) in [5.41, 5.74) is 3.04. The molecule has 1 aliphatic carbocycles. The van der Waals surface area contributed by atoms with E-state index >= 15 is 0 Å². The molecular weight excluding hydrogens is 461 g/mol. The molecule has 2 fully saturated rings. The monoisotopic (exact) mass is 499 g/mol. The van der Waals surface area contributed by atoms with Crippen LogP contribution in [0.3, 0.4) is 0 Å². The standard InChI is InChI=1S/C25H37N3OS.2ClH/c1-3-20-15-23(18(2)27-25(20)29)24-10-9-22(30-24)16-26-21-11-13-28(14-12-21)17-19-7-5-4-6-8-19;;/h9-10,15,19,21,26H,3-8,11-14,16-17H2,1-2H3,(H,27,29);2*1H. The van der Waals surface area contributed by atoms with Crippen molar-refractivity contribution in [3.8, 4) is 10.4 Å². The van der Waals surface area contributed by atoms with Crippen LogP contribution in [0.2, 0.25) is 0 Å². The molecule has 0 unspecified atom stereocenters. The van der Waals surface area contributed by atoms with Gasteiger partial charge in [-0.05, 0) is 76.2 Å². The largest absolute Gasteiger partial charge is 0.326 e. The number of aromatic nitrogens is 1. The molecule has 0 radical (unpaired) electrons. The highest BCUT2D eigenvalue weighted by Crippen LogP contribution is 2.30. The molecule has 4 rings (SSSR count). The fourth-order valence-corrected chi connectivity index (χ4v) is 6.13. The minimum Gasteiger partial charge on any atom is -0.326 e. The van der Waals surface area contributed by atoms with Gasteiger partial charge >= 0.3 is 0 Å². The van der Waals surface area contributed by atoms with E-state index in [0.717, 1.165) is 30.1 Å². The van der Waals surface area contributed by atoms with Gasteiger partial charge in [0, 0.05) is 45.7 Å². The van der Waals surface area contributed by atoms with Gasteiger partial charge < -0.3 is 15.2 Å². The number of nitrogens with one attached hydrogen (secondary N) is 2. The van der Waals surface area contributed by atoms with Crippen LogP contribution >= 0.6 is 36.2 Å². The lowest BCUT2D eigenvalue weighted by atomic mass is 9.88. The fraction of sp³-hybridized carbons (Fsp3) is 0.640. The molecule has 180 valence electrons. The molecule has 0 spiro atoms. The van der Waals surface area contributed by atoms with E-state index in [1.807, 2.05) is 25.2 Å². The van der Waals surface area contributed by atoms with Crippen molar-refractivity contribution in [3.05, 3.63) is 44.7 Å². The molecule has 1 aliphatic heterocycles. The Morgan fingerprint density at radius 2 is 1.81 bits per heavy atom. The van der Waals surface area contributed by atoms with Crippen molar-refractivity contribution in [2.24, 2.45) is 5.92 Å². The molecule has 4 nitrogen and oxygen atoms in total. The van der Waals surface area contributed by atoms with Crippen LogP contribution < -0.4 is 10.9 Å². The molecule has 1 saturated heterocycles. The Balaban J connectivity index is 0.00000181. The van der Waals surface area contributed by atoms with Crippen LogP contribution in [0.1, 0.15) is 68.0 Å². The molecule has 7 heteroatoms. The van der Waals surface area contributed by atoms with Gasteiger partial charge in [0.25, 0.3) is 5.56 Å². The number of likely N-dealkylation sites (tertiary alicyclic amines) is 1. The summed E-state index contributed by atoms with van der Waals surface area (Å²) in [5, 5.41) is 3.80. The van der Waals surface area contributed by atoms with Crippen LogP contribution in [0.4, 0.5) is 0 Å². The quantitative estimate of drug-likeness (QED) is 0.494. The molecule has 2 aromatic rings. The number of H-pyrrole nitrogens is 1. The summed E-state index contributed by atoms with van der Waals surface area (Å²) < 4.78 is 0. The van der Waals surface area contributed by atoms with E-state index in [4.69, 9.17) is 0 Å². The Labute approximate surface area is 209 Å². The molecule has 3 heterocycles. The van der Waals surface area contributed by atoms with Gasteiger partial charge in [-0.2, -0.15) is 0 Å². The van der Waals surface area contributed by atoms with E-state index < -0.39 is 0 Å². The van der Waals surface area contributed by atoms with Crippen LogP contribution in [0.25, 0.3) is 10.4 Å². The molecule has 0 bridgehead atoms. The van der Waals surface area contributed by atoms with E-state index in [9.17, 15) is 4.79 Å². The first-order valence-electron chi connectivity index (χ1n) is 11.9. The number of aryl methyl sites for hydroxylation is 2. The van der Waals surface area contributed by atoms with Crippen molar-refractivity contribution >= 4 is 36.2 Å². The smallest absolute Gasteiger partial charge is 0.251 e. The Bertz CT molecular complexity index is 884. The highest BCUT2D eigenvalue weighted by Gasteiger charge is 2.22. The summed E-state index contributed by atoms with van der Waals surface area (Å²) in [6.07, 6.45) is 10.6. The average Bonchev–Trinajstić information content (AvgIpc) is 3.23. The molecule has 0 amide bonds. The lowest BCUT2D eigenvalue weighted by Crippen LogP contribution is -2.43. The minimum atomic E-state index is 0. The summed E-state index contributed by atoms with van der Waals surface area (Å²) in [6.45, 7) is 8.81. The number of rotatable bonds is 7. The number of aromatic amines is 1. The second-order valence-corrected chi connectivity index (χ2v) is 10.4. The maximum absolute atomic E-state index is 12.0. The number of hydrogen-bond donors (Lipinski definition) is 2. The van der Waals surface area contributed by atoms with E-state index in [-0.39, 0.29) is 30.4 Å². The summed E-state index contributed by atoms with van der Waals surface area (Å²) in [6, 6.07) is 7.15. The number of thiophene rings is 1. The lowest BCUT2D eigenvalue weighted by Gasteiger charge is -2.35. The predicted octanol–water partition coefficient (Wildman–Crippen LogP) is 5.95. The van der Waals surface area contributed by atoms with Gasteiger partial charge in [0.1, 0.15) is 0 Å². The molecule has 2 aliphatic rings. The number of hydrogen-bond acceptors (Lipinski definition) is 4. The first-order valence-corrected chi connectivity index (χ1v) is 12.7. The minimum absolute atomic E-state index is 0. The van der Waals surface area contributed by atoms with Crippen molar-refractivity contribution in [1.82, 2.24) is 15.2 Å². The van der Waals surface area contributed by atoms with Gasteiger partial charge in [0.2, 0.25) is 0 Å². The number of nitrogens with zero attached hydrogens (tertiary/aromatic N) is 1. The summed E-state index contributed by atoms with van der Waals surface area (Å²) >= 11 is 1.84. The van der Waals surface area contributed by atoms with Crippen LogP contribution in [-0.2, 0) is 13.0 Å². The second-order valence-electron chi connectivity index (χ2n) is 9.24. The topological polar surface area (TPSA) is 48.1 Å². The van der Waals surface area contributed by atoms with Gasteiger partial charge in [-0.3, -0.25) is 4.79 Å². The molecule has 2 aromatic heterocycles. The van der Waals surface area contributed by atoms with Gasteiger partial charge in [-0.1, -0.05) is 26.2 Å². The van der Waals surface area contributed by atoms with E-state index in [0.29, 0.717) is 6.04 Å². The molecule has 2 N–H and O–H groups in total. The summed E-state index contributed by atoms with van der Waals surface area (Å²) in [4.78, 5) is 20.4. The summed E-state index contributed by atoms with van der Waals surface area (Å²) in [7, 11) is 0. The van der Waals surface area contributed by atoms with Crippen molar-refractivity contribution in [1.29, 1.82) is 0 Å². The Morgan fingerprint density at radius 1 is 1.09 bits per heavy atom. The summed E-state index contributed by atoms with van der Waals surface area (Å²) in [5.74, 6) is 0.956. The van der Waals surface area contributed by atoms with Crippen molar-refractivity contribution in [2.75, 3.05) is 19.6 Å². The number of piperidine rings is 1. The lowest BCUT2D eigenvalue weighted by molar-refractivity contribution is 0.155. The van der Waals surface area contributed by atoms with Gasteiger partial charge in [0.15, 0.2) is 0 Å². The highest BCUT2D eigenvalue weighted by molar-refractivity contribution is 7.15. The SMILES string of the molecule is CCc1cc(-c2ccc(CNC3CCN(CC4CCCCC4)CC3)s2)c(C)[nH]c1=O.Cl.Cl. The highest BCUT2D eigenvalue weighted by atomic mass is 35.5. The first-order chi connectivity index (χ1) is 14.6. The third-order valence-electron chi connectivity index (χ3n) is 7.02. The number of pyridine rings is 1. The molecule has 32 heavy (non-hydrogen) atoms. The molecule has 0 aromatic carbocycles. The molecular formula is C25H39Cl2N3OS. The van der Waals surface area contributed by atoms with Crippen molar-refractivity contribution in [3.63, 3.8) is 0 Å². The molecule has 0 atom stereocenters. The van der Waals surface area contributed by atoms with Gasteiger partial charge in [-0.25, -0.2) is 0 Å². The van der Waals surface area contributed by atoms with Crippen LogP contribution in [-0.4, -0.2) is 35.6 Å². The van der Waals surface area contributed by atoms with E-state index in [1.165, 1.54) is 79.9 Å². The molecule has 1 saturated carbocycles. The van der Waals surface area contributed by atoms with Crippen molar-refractivity contribution < 1.29 is 0 Å². The van der Waals surface area contributed by atoms with Crippen molar-refractivity contribution in [2.45, 2.75) is 77.8 Å². The Hall–Kier alpha value is -0.850. The maximum Gasteiger partial charge on any atom is 0.251 e. The van der Waals surface area contributed by atoms with Crippen LogP contribution in [0, 0.1) is 12.8 Å².